The molecule has 2 aliphatic heterocycles. The number of carbonyl (C=O) groups is 1. The molecular formula is C42H47N3O5Si. The first-order valence-electron chi connectivity index (χ1n) is 18.0. The molecule has 4 aromatic carbocycles. The number of ether oxygens (including phenoxy) is 2. The third-order valence-corrected chi connectivity index (χ3v) is 15.8. The van der Waals surface area contributed by atoms with Crippen molar-refractivity contribution in [3.05, 3.63) is 130 Å². The van der Waals surface area contributed by atoms with Gasteiger partial charge in [0.05, 0.1) is 63.7 Å². The molecule has 0 unspecified atom stereocenters. The van der Waals surface area contributed by atoms with Gasteiger partial charge in [-0.15, -0.1) is 0 Å². The van der Waals surface area contributed by atoms with E-state index >= 15 is 0 Å². The van der Waals surface area contributed by atoms with Gasteiger partial charge < -0.3 is 19.5 Å². The number of aromatic nitrogens is 2. The van der Waals surface area contributed by atoms with Gasteiger partial charge in [-0.25, -0.2) is 0 Å². The highest BCUT2D eigenvalue weighted by Gasteiger charge is 2.51. The van der Waals surface area contributed by atoms with E-state index in [1.54, 1.807) is 13.3 Å². The zero-order valence-corrected chi connectivity index (χ0v) is 30.9. The van der Waals surface area contributed by atoms with Crippen LogP contribution in [0.5, 0.6) is 5.75 Å². The van der Waals surface area contributed by atoms with Gasteiger partial charge in [0.2, 0.25) is 5.91 Å². The van der Waals surface area contributed by atoms with E-state index < -0.39 is 8.07 Å². The summed E-state index contributed by atoms with van der Waals surface area (Å²) in [6, 6.07) is 31.9. The fourth-order valence-electron chi connectivity index (χ4n) is 8.60. The molecule has 1 amide bonds. The summed E-state index contributed by atoms with van der Waals surface area (Å²) in [4.78, 5) is 29.4. The Morgan fingerprint density at radius 3 is 2.47 bits per heavy atom. The summed E-state index contributed by atoms with van der Waals surface area (Å²) in [5, 5.41) is 17.6. The number of aryl methyl sites for hydroxylation is 1. The number of rotatable bonds is 10. The van der Waals surface area contributed by atoms with Crippen LogP contribution in [0, 0.1) is 5.92 Å². The lowest BCUT2D eigenvalue weighted by Gasteiger charge is -2.39. The van der Waals surface area contributed by atoms with Crippen molar-refractivity contribution in [3.63, 3.8) is 0 Å². The molecule has 1 N–H and O–H groups in total. The van der Waals surface area contributed by atoms with Crippen LogP contribution in [0.3, 0.4) is 0 Å². The molecule has 0 radical (unpaired) electrons. The molecule has 1 saturated heterocycles. The van der Waals surface area contributed by atoms with Crippen LogP contribution in [-0.4, -0.2) is 65.7 Å². The highest BCUT2D eigenvalue weighted by molar-refractivity contribution is 6.91. The van der Waals surface area contributed by atoms with Crippen molar-refractivity contribution in [2.75, 3.05) is 13.7 Å². The maximum atomic E-state index is 14.2. The molecule has 1 aromatic heterocycles. The lowest BCUT2D eigenvalue weighted by Crippen LogP contribution is -2.52. The highest BCUT2D eigenvalue weighted by atomic mass is 28.3. The first-order chi connectivity index (χ1) is 24.7. The molecule has 5 atom stereocenters. The van der Waals surface area contributed by atoms with E-state index in [0.29, 0.717) is 18.4 Å². The van der Waals surface area contributed by atoms with E-state index in [2.05, 4.69) is 55.4 Å². The Bertz CT molecular complexity index is 2080. The molecule has 9 heteroatoms. The topological polar surface area (TPSA) is 93.9 Å². The van der Waals surface area contributed by atoms with Crippen molar-refractivity contribution >= 4 is 29.9 Å². The van der Waals surface area contributed by atoms with E-state index in [9.17, 15) is 14.7 Å². The fourth-order valence-corrected chi connectivity index (χ4v) is 12.7. The largest absolute Gasteiger partial charge is 0.497 e. The third-order valence-electron chi connectivity index (χ3n) is 11.4. The van der Waals surface area contributed by atoms with Gasteiger partial charge in [0, 0.05) is 11.9 Å². The molecule has 0 saturated carbocycles. The number of amides is 1. The maximum absolute atomic E-state index is 14.2. The number of fused-ring (bicyclic) bond motifs is 2. The van der Waals surface area contributed by atoms with Crippen LogP contribution in [0.4, 0.5) is 0 Å². The number of carbonyl (C=O) groups excluding carboxylic acids is 1. The molecule has 2 aliphatic rings. The number of aliphatic hydroxyl groups is 1. The summed E-state index contributed by atoms with van der Waals surface area (Å²) in [6.45, 7) is 7.51. The predicted octanol–water partition coefficient (Wildman–Crippen LogP) is 6.05. The van der Waals surface area contributed by atoms with Crippen molar-refractivity contribution < 1.29 is 19.4 Å². The molecule has 3 heterocycles. The highest BCUT2D eigenvalue weighted by Crippen LogP contribution is 2.47. The maximum Gasteiger partial charge on any atom is 0.279 e. The normalized spacial score (nSPS) is 21.8. The van der Waals surface area contributed by atoms with Crippen molar-refractivity contribution in [1.29, 1.82) is 0 Å². The molecule has 51 heavy (non-hydrogen) atoms. The molecule has 7 rings (SSSR count). The van der Waals surface area contributed by atoms with Crippen molar-refractivity contribution in [2.24, 2.45) is 5.92 Å². The van der Waals surface area contributed by atoms with Gasteiger partial charge in [0.1, 0.15) is 5.75 Å². The van der Waals surface area contributed by atoms with E-state index in [4.69, 9.17) is 9.47 Å². The van der Waals surface area contributed by atoms with Crippen molar-refractivity contribution in [3.8, 4) is 11.4 Å². The van der Waals surface area contributed by atoms with Gasteiger partial charge in [-0.1, -0.05) is 91.9 Å². The monoisotopic (exact) mass is 701 g/mol. The lowest BCUT2D eigenvalue weighted by atomic mass is 9.93. The second-order valence-electron chi connectivity index (χ2n) is 14.7. The zero-order chi connectivity index (χ0) is 35.7. The number of hydrogen-bond donors (Lipinski definition) is 1. The third kappa shape index (κ3) is 6.90. The van der Waals surface area contributed by atoms with Crippen LogP contribution < -0.4 is 15.5 Å². The minimum absolute atomic E-state index is 0.0342. The summed E-state index contributed by atoms with van der Waals surface area (Å²) >= 11 is 0. The average molecular weight is 702 g/mol. The number of nitrogens with zero attached hydrogens (tertiary/aromatic N) is 3. The molecule has 1 fully saturated rings. The van der Waals surface area contributed by atoms with Gasteiger partial charge in [-0.3, -0.25) is 9.59 Å². The number of benzene rings is 4. The Hall–Kier alpha value is -4.57. The van der Waals surface area contributed by atoms with Crippen LogP contribution in [0.25, 0.3) is 16.5 Å². The molecule has 5 aromatic rings. The lowest BCUT2D eigenvalue weighted by molar-refractivity contribution is -0.138. The van der Waals surface area contributed by atoms with Gasteiger partial charge in [-0.05, 0) is 77.7 Å². The van der Waals surface area contributed by atoms with E-state index in [-0.39, 0.29) is 54.2 Å². The molecular weight excluding hydrogens is 655 g/mol. The SMILES string of the molecule is COc1ccc([Si](C)(C)[C@H]2[C@H](C)[C@H](CCc3cccc(-n4ncc5ccccc5c4=O)c3)O[C@@H]2CC(=O)N2Cc3ccccc3C[C@H]2CO)cc1. The summed E-state index contributed by atoms with van der Waals surface area (Å²) in [5.41, 5.74) is 4.23. The van der Waals surface area contributed by atoms with E-state index in [0.717, 1.165) is 40.8 Å². The molecule has 0 aliphatic carbocycles. The summed E-state index contributed by atoms with van der Waals surface area (Å²) in [5.74, 6) is 1.08. The second-order valence-corrected chi connectivity index (χ2v) is 19.4. The van der Waals surface area contributed by atoms with Crippen LogP contribution >= 0.6 is 0 Å². The summed E-state index contributed by atoms with van der Waals surface area (Å²) < 4.78 is 13.9. The average Bonchev–Trinajstić information content (AvgIpc) is 3.48. The van der Waals surface area contributed by atoms with Crippen LogP contribution in [0.2, 0.25) is 18.6 Å². The Morgan fingerprint density at radius 1 is 0.961 bits per heavy atom. The smallest absolute Gasteiger partial charge is 0.279 e. The molecule has 8 nitrogen and oxygen atoms in total. The van der Waals surface area contributed by atoms with Gasteiger partial charge in [0.25, 0.3) is 5.56 Å². The Labute approximate surface area is 300 Å². The molecule has 0 spiro atoms. The molecule has 264 valence electrons. The fraction of sp³-hybridized carbons (Fsp3) is 0.357. The second kappa shape index (κ2) is 14.6. The first kappa shape index (κ1) is 34.9. The molecule has 0 bridgehead atoms. The minimum atomic E-state index is -2.19. The van der Waals surface area contributed by atoms with Gasteiger partial charge >= 0.3 is 0 Å². The Morgan fingerprint density at radius 2 is 1.71 bits per heavy atom. The first-order valence-corrected chi connectivity index (χ1v) is 21.1. The predicted molar refractivity (Wildman–Crippen MR) is 204 cm³/mol. The summed E-state index contributed by atoms with van der Waals surface area (Å²) in [6.07, 6.45) is 3.93. The van der Waals surface area contributed by atoms with E-state index in [1.807, 2.05) is 71.6 Å². The Balaban J connectivity index is 1.13. The van der Waals surface area contributed by atoms with E-state index in [1.165, 1.54) is 15.4 Å². The standard InChI is InChI=1S/C42H47N3O5Si/c1-28-38(21-16-29-10-9-14-33(22-29)45-42(48)37-15-8-7-12-31(37)25-43-45)50-39(41(28)51(3,4)36-19-17-35(49-2)18-20-36)24-40(47)44-26-32-13-6-5-11-30(32)23-34(44)27-46/h5-15,17-20,22,25,28,34,38-39,41,46H,16,21,23-24,26-27H2,1-4H3/t28-,34+,38+,39-,41+/m1/s1. The van der Waals surface area contributed by atoms with Crippen LogP contribution in [0.15, 0.2) is 108 Å². The quantitative estimate of drug-likeness (QED) is 0.178. The van der Waals surface area contributed by atoms with Gasteiger partial charge in [0.15, 0.2) is 0 Å². The van der Waals surface area contributed by atoms with Crippen molar-refractivity contribution in [2.45, 2.75) is 76.0 Å². The van der Waals surface area contributed by atoms with Crippen LogP contribution in [-0.2, 0) is 28.9 Å². The van der Waals surface area contributed by atoms with Crippen molar-refractivity contribution in [1.82, 2.24) is 14.7 Å². The summed E-state index contributed by atoms with van der Waals surface area (Å²) in [7, 11) is -0.504. The Kier molecular flexibility index (Phi) is 9.96. The minimum Gasteiger partial charge on any atom is -0.497 e. The van der Waals surface area contributed by atoms with Crippen LogP contribution in [0.1, 0.15) is 36.5 Å². The zero-order valence-electron chi connectivity index (χ0n) is 29.9. The van der Waals surface area contributed by atoms with Gasteiger partial charge in [-0.2, -0.15) is 9.78 Å². The number of methoxy groups -OCH3 is 1. The number of aliphatic hydroxyl groups excluding tert-OH is 1. The number of hydrogen-bond acceptors (Lipinski definition) is 6.